The first kappa shape index (κ1) is 13.3. The van der Waals surface area contributed by atoms with E-state index in [9.17, 15) is 0 Å². The largest absolute Gasteiger partial charge is 0.346 e. The van der Waals surface area contributed by atoms with Gasteiger partial charge in [-0.3, -0.25) is 0 Å². The van der Waals surface area contributed by atoms with Crippen molar-refractivity contribution < 1.29 is 0 Å². The second-order valence-corrected chi connectivity index (χ2v) is 7.78. The van der Waals surface area contributed by atoms with Gasteiger partial charge in [-0.1, -0.05) is 43.6 Å². The number of hydrogen-bond acceptors (Lipinski definition) is 4. The third-order valence-corrected chi connectivity index (χ3v) is 5.19. The average molecular weight is 318 g/mol. The molecule has 3 nitrogen and oxygen atoms in total. The van der Waals surface area contributed by atoms with Gasteiger partial charge in [0.25, 0.3) is 0 Å². The summed E-state index contributed by atoms with van der Waals surface area (Å²) in [5.41, 5.74) is 0.0473. The highest BCUT2D eigenvalue weighted by Gasteiger charge is 2.27. The van der Waals surface area contributed by atoms with Gasteiger partial charge in [0.15, 0.2) is 0 Å². The van der Waals surface area contributed by atoms with Crippen molar-refractivity contribution in [3.05, 3.63) is 5.82 Å². The van der Waals surface area contributed by atoms with E-state index in [-0.39, 0.29) is 5.41 Å². The molecule has 96 valence electrons. The number of anilines is 1. The van der Waals surface area contributed by atoms with Crippen molar-refractivity contribution in [2.24, 2.45) is 5.92 Å². The first-order chi connectivity index (χ1) is 7.88. The molecule has 5 heteroatoms. The smallest absolute Gasteiger partial charge is 0.205 e. The molecule has 1 aliphatic rings. The van der Waals surface area contributed by atoms with Crippen LogP contribution in [0, 0.1) is 5.92 Å². The maximum atomic E-state index is 4.68. The van der Waals surface area contributed by atoms with Gasteiger partial charge in [0, 0.05) is 34.9 Å². The van der Waals surface area contributed by atoms with Gasteiger partial charge < -0.3 is 4.90 Å². The Kier molecular flexibility index (Phi) is 3.78. The molecule has 0 radical (unpaired) electrons. The fourth-order valence-corrected chi connectivity index (χ4v) is 3.35. The Morgan fingerprint density at radius 3 is 2.65 bits per heavy atom. The maximum absolute atomic E-state index is 4.68. The number of rotatable bonds is 1. The predicted molar refractivity (Wildman–Crippen MR) is 77.3 cm³/mol. The molecule has 0 spiro atoms. The van der Waals surface area contributed by atoms with E-state index in [4.69, 9.17) is 0 Å². The van der Waals surface area contributed by atoms with E-state index < -0.39 is 0 Å². The summed E-state index contributed by atoms with van der Waals surface area (Å²) in [7, 11) is 0. The van der Waals surface area contributed by atoms with Crippen LogP contribution in [0.4, 0.5) is 5.13 Å². The zero-order valence-corrected chi connectivity index (χ0v) is 13.3. The first-order valence-electron chi connectivity index (χ1n) is 6.11. The second kappa shape index (κ2) is 4.84. The van der Waals surface area contributed by atoms with Crippen LogP contribution < -0.4 is 4.90 Å². The number of piperidine rings is 1. The van der Waals surface area contributed by atoms with Crippen molar-refractivity contribution in [3.8, 4) is 0 Å². The number of aromatic nitrogens is 2. The lowest BCUT2D eigenvalue weighted by molar-refractivity contribution is 0.455. The topological polar surface area (TPSA) is 29.0 Å². The minimum Gasteiger partial charge on any atom is -0.346 e. The van der Waals surface area contributed by atoms with Crippen molar-refractivity contribution in [2.45, 2.75) is 44.4 Å². The molecule has 1 aliphatic heterocycles. The molecule has 0 N–H and O–H groups in total. The van der Waals surface area contributed by atoms with Crippen LogP contribution in [0.2, 0.25) is 0 Å². The molecule has 17 heavy (non-hydrogen) atoms. The molecule has 2 rings (SSSR count). The molecule has 0 saturated carbocycles. The van der Waals surface area contributed by atoms with Gasteiger partial charge in [-0.2, -0.15) is 4.37 Å². The molecule has 0 aliphatic carbocycles. The molecular formula is C12H20BrN3S. The molecule has 2 unspecified atom stereocenters. The molecule has 0 bridgehead atoms. The van der Waals surface area contributed by atoms with Gasteiger partial charge in [0.2, 0.25) is 5.13 Å². The van der Waals surface area contributed by atoms with E-state index in [1.807, 2.05) is 0 Å². The number of alkyl halides is 1. The van der Waals surface area contributed by atoms with Gasteiger partial charge in [0.1, 0.15) is 5.82 Å². The summed E-state index contributed by atoms with van der Waals surface area (Å²) in [5, 5.41) is 1.08. The molecule has 1 aromatic heterocycles. The quantitative estimate of drug-likeness (QED) is 0.743. The van der Waals surface area contributed by atoms with Crippen molar-refractivity contribution in [1.82, 2.24) is 9.36 Å². The van der Waals surface area contributed by atoms with E-state index >= 15 is 0 Å². The summed E-state index contributed by atoms with van der Waals surface area (Å²) < 4.78 is 4.48. The second-order valence-electron chi connectivity index (χ2n) is 5.88. The van der Waals surface area contributed by atoms with Crippen molar-refractivity contribution in [3.63, 3.8) is 0 Å². The maximum Gasteiger partial charge on any atom is 0.205 e. The Labute approximate surface area is 116 Å². The van der Waals surface area contributed by atoms with Crippen LogP contribution in [0.3, 0.4) is 0 Å². The number of nitrogens with zero attached hydrogens (tertiary/aromatic N) is 3. The van der Waals surface area contributed by atoms with Crippen molar-refractivity contribution in [2.75, 3.05) is 18.0 Å². The summed E-state index contributed by atoms with van der Waals surface area (Å²) in [6.45, 7) is 10.9. The van der Waals surface area contributed by atoms with E-state index in [0.717, 1.165) is 30.0 Å². The Hall–Kier alpha value is -0.160. The van der Waals surface area contributed by atoms with Crippen LogP contribution in [0.1, 0.15) is 39.9 Å². The third kappa shape index (κ3) is 2.99. The van der Waals surface area contributed by atoms with Gasteiger partial charge in [-0.25, -0.2) is 4.98 Å². The van der Waals surface area contributed by atoms with Crippen LogP contribution in [-0.4, -0.2) is 27.3 Å². The van der Waals surface area contributed by atoms with Crippen molar-refractivity contribution >= 4 is 32.6 Å². The van der Waals surface area contributed by atoms with Gasteiger partial charge in [0.05, 0.1) is 0 Å². The highest BCUT2D eigenvalue weighted by atomic mass is 79.9. The Morgan fingerprint density at radius 1 is 1.41 bits per heavy atom. The van der Waals surface area contributed by atoms with Crippen LogP contribution >= 0.6 is 27.5 Å². The normalized spacial score (nSPS) is 26.3. The van der Waals surface area contributed by atoms with E-state index in [1.54, 1.807) is 0 Å². The minimum absolute atomic E-state index is 0.0473. The Bertz CT molecular complexity index is 385. The molecule has 1 aromatic rings. The third-order valence-electron chi connectivity index (χ3n) is 3.22. The predicted octanol–water partition coefficient (Wildman–Crippen LogP) is 3.45. The summed E-state index contributed by atoms with van der Waals surface area (Å²) in [4.78, 5) is 7.60. The highest BCUT2D eigenvalue weighted by Crippen LogP contribution is 2.30. The lowest BCUT2D eigenvalue weighted by Crippen LogP contribution is -2.40. The summed E-state index contributed by atoms with van der Waals surface area (Å²) in [6, 6.07) is 0. The molecule has 0 aromatic carbocycles. The van der Waals surface area contributed by atoms with Crippen molar-refractivity contribution in [1.29, 1.82) is 0 Å². The number of hydrogen-bond donors (Lipinski definition) is 0. The first-order valence-corrected chi connectivity index (χ1v) is 7.80. The zero-order valence-electron chi connectivity index (χ0n) is 10.9. The molecule has 1 saturated heterocycles. The minimum atomic E-state index is 0.0473. The fraction of sp³-hybridized carbons (Fsp3) is 0.833. The van der Waals surface area contributed by atoms with E-state index in [0.29, 0.717) is 4.83 Å². The monoisotopic (exact) mass is 317 g/mol. The Balaban J connectivity index is 2.11. The van der Waals surface area contributed by atoms with Gasteiger partial charge in [-0.15, -0.1) is 0 Å². The van der Waals surface area contributed by atoms with Gasteiger partial charge >= 0.3 is 0 Å². The highest BCUT2D eigenvalue weighted by molar-refractivity contribution is 9.09. The molecule has 0 amide bonds. The summed E-state index contributed by atoms with van der Waals surface area (Å²) in [5.74, 6) is 1.71. The Morgan fingerprint density at radius 2 is 2.12 bits per heavy atom. The molecule has 2 atom stereocenters. The number of halogens is 1. The van der Waals surface area contributed by atoms with Gasteiger partial charge in [-0.05, 0) is 12.3 Å². The fourth-order valence-electron chi connectivity index (χ4n) is 1.84. The lowest BCUT2D eigenvalue weighted by Gasteiger charge is -2.33. The van der Waals surface area contributed by atoms with Crippen LogP contribution in [0.15, 0.2) is 0 Å². The van der Waals surface area contributed by atoms with Crippen LogP contribution in [0.25, 0.3) is 0 Å². The SMILES string of the molecule is CC1CCN(c2nc(C(C)(C)C)ns2)CC1Br. The lowest BCUT2D eigenvalue weighted by atomic mass is 9.96. The van der Waals surface area contributed by atoms with E-state index in [1.165, 1.54) is 18.0 Å². The zero-order chi connectivity index (χ0) is 12.6. The van der Waals surface area contributed by atoms with E-state index in [2.05, 4.69) is 57.9 Å². The summed E-state index contributed by atoms with van der Waals surface area (Å²) in [6.07, 6.45) is 1.22. The van der Waals surface area contributed by atoms with Crippen LogP contribution in [0.5, 0.6) is 0 Å². The van der Waals surface area contributed by atoms with Crippen LogP contribution in [-0.2, 0) is 5.41 Å². The molecular weight excluding hydrogens is 298 g/mol. The average Bonchev–Trinajstić information content (AvgIpc) is 2.70. The standard InChI is InChI=1S/C12H20BrN3S/c1-8-5-6-16(7-9(8)13)11-14-10(15-17-11)12(2,3)4/h8-9H,5-7H2,1-4H3. The molecule has 1 fully saturated rings. The summed E-state index contributed by atoms with van der Waals surface area (Å²) >= 11 is 5.28. The molecule has 2 heterocycles.